The van der Waals surface area contributed by atoms with E-state index < -0.39 is 17.5 Å². The van der Waals surface area contributed by atoms with Crippen LogP contribution in [0.25, 0.3) is 0 Å². The predicted molar refractivity (Wildman–Crippen MR) is 47.2 cm³/mol. The predicted octanol–water partition coefficient (Wildman–Crippen LogP) is 1.93. The summed E-state index contributed by atoms with van der Waals surface area (Å²) in [6.07, 6.45) is 0. The first-order chi connectivity index (χ1) is 6.54. The Kier molecular flexibility index (Phi) is 3.01. The van der Waals surface area contributed by atoms with E-state index in [0.29, 0.717) is 0 Å². The summed E-state index contributed by atoms with van der Waals surface area (Å²) in [4.78, 5) is 10.6. The highest BCUT2D eigenvalue weighted by atomic mass is 19.1. The molecule has 1 rings (SSSR count). The first kappa shape index (κ1) is 10.4. The fraction of sp³-hybridized carbons (Fsp3) is 0.222. The zero-order chi connectivity index (χ0) is 10.7. The monoisotopic (exact) mass is 201 g/mol. The van der Waals surface area contributed by atoms with Crippen LogP contribution in [0.3, 0.4) is 0 Å². The van der Waals surface area contributed by atoms with Crippen LogP contribution in [0.4, 0.5) is 14.5 Å². The number of carbonyl (C=O) groups excluding carboxylic acids is 1. The average molecular weight is 201 g/mol. The van der Waals surface area contributed by atoms with Crippen LogP contribution in [-0.2, 0) is 4.79 Å². The van der Waals surface area contributed by atoms with Gasteiger partial charge in [-0.1, -0.05) is 0 Å². The fourth-order valence-corrected chi connectivity index (χ4v) is 0.970. The van der Waals surface area contributed by atoms with Crippen molar-refractivity contribution < 1.29 is 18.3 Å². The third-order valence-corrected chi connectivity index (χ3v) is 1.55. The minimum Gasteiger partial charge on any atom is -0.494 e. The molecular formula is C9H9F2NO2. The van der Waals surface area contributed by atoms with Gasteiger partial charge in [-0.15, -0.1) is 0 Å². The van der Waals surface area contributed by atoms with Gasteiger partial charge in [0.25, 0.3) is 0 Å². The van der Waals surface area contributed by atoms with E-state index in [-0.39, 0.29) is 11.4 Å². The van der Waals surface area contributed by atoms with Gasteiger partial charge in [0.1, 0.15) is 0 Å². The van der Waals surface area contributed by atoms with E-state index >= 15 is 0 Å². The van der Waals surface area contributed by atoms with Crippen LogP contribution in [-0.4, -0.2) is 13.0 Å². The normalized spacial score (nSPS) is 9.71. The minimum atomic E-state index is -0.738. The summed E-state index contributed by atoms with van der Waals surface area (Å²) in [5.41, 5.74) is -0.198. The molecule has 0 unspecified atom stereocenters. The molecule has 0 aliphatic heterocycles. The fourth-order valence-electron chi connectivity index (χ4n) is 0.970. The smallest absolute Gasteiger partial charge is 0.221 e. The Labute approximate surface area is 79.7 Å². The molecule has 0 aromatic heterocycles. The van der Waals surface area contributed by atoms with Crippen molar-refractivity contribution in [3.05, 3.63) is 23.8 Å². The summed E-state index contributed by atoms with van der Waals surface area (Å²) in [7, 11) is 1.23. The summed E-state index contributed by atoms with van der Waals surface area (Å²) in [5.74, 6) is -2.12. The Morgan fingerprint density at radius 1 is 1.36 bits per heavy atom. The van der Waals surface area contributed by atoms with Crippen molar-refractivity contribution in [3.8, 4) is 5.75 Å². The Morgan fingerprint density at radius 3 is 2.50 bits per heavy atom. The molecule has 14 heavy (non-hydrogen) atoms. The van der Waals surface area contributed by atoms with Gasteiger partial charge < -0.3 is 10.1 Å². The van der Waals surface area contributed by atoms with Crippen molar-refractivity contribution in [2.24, 2.45) is 0 Å². The maximum absolute atomic E-state index is 13.1. The molecule has 0 bridgehead atoms. The van der Waals surface area contributed by atoms with E-state index in [4.69, 9.17) is 0 Å². The van der Waals surface area contributed by atoms with E-state index in [1.807, 2.05) is 0 Å². The molecule has 0 fully saturated rings. The second kappa shape index (κ2) is 4.04. The Balaban J connectivity index is 3.08. The zero-order valence-electron chi connectivity index (χ0n) is 7.73. The molecule has 0 heterocycles. The van der Waals surface area contributed by atoms with Crippen LogP contribution < -0.4 is 10.1 Å². The van der Waals surface area contributed by atoms with Gasteiger partial charge in [-0.05, 0) is 0 Å². The van der Waals surface area contributed by atoms with Crippen LogP contribution in [0.15, 0.2) is 12.1 Å². The number of hydrogen-bond donors (Lipinski definition) is 1. The topological polar surface area (TPSA) is 38.3 Å². The highest BCUT2D eigenvalue weighted by molar-refractivity contribution is 5.88. The molecule has 1 N–H and O–H groups in total. The molecule has 0 atom stereocenters. The lowest BCUT2D eigenvalue weighted by Gasteiger charge is -2.06. The minimum absolute atomic E-state index is 0.198. The molecule has 76 valence electrons. The van der Waals surface area contributed by atoms with Gasteiger partial charge in [0, 0.05) is 19.1 Å². The van der Waals surface area contributed by atoms with Gasteiger partial charge >= 0.3 is 0 Å². The van der Waals surface area contributed by atoms with Crippen molar-refractivity contribution in [3.63, 3.8) is 0 Å². The molecule has 1 aromatic rings. The highest BCUT2D eigenvalue weighted by Crippen LogP contribution is 2.24. The first-order valence-electron chi connectivity index (χ1n) is 3.85. The van der Waals surface area contributed by atoms with Crippen molar-refractivity contribution in [1.82, 2.24) is 0 Å². The summed E-state index contributed by atoms with van der Waals surface area (Å²) in [6.45, 7) is 1.21. The number of anilines is 1. The molecule has 3 nitrogen and oxygen atoms in total. The summed E-state index contributed by atoms with van der Waals surface area (Å²) < 4.78 is 30.7. The molecule has 0 radical (unpaired) electrons. The van der Waals surface area contributed by atoms with Crippen LogP contribution in [0.1, 0.15) is 6.92 Å². The lowest BCUT2D eigenvalue weighted by molar-refractivity contribution is -0.114. The number of benzene rings is 1. The summed E-state index contributed by atoms with van der Waals surface area (Å²) in [5, 5.41) is 2.16. The lowest BCUT2D eigenvalue weighted by Crippen LogP contribution is -2.08. The number of hydrogen-bond acceptors (Lipinski definition) is 2. The van der Waals surface area contributed by atoms with Gasteiger partial charge in [0.2, 0.25) is 5.91 Å². The standard InChI is InChI=1S/C9H9F2NO2/c1-5(13)12-8-3-7(11)9(14-2)4-6(8)10/h3-4H,1-2H3,(H,12,13). The van der Waals surface area contributed by atoms with E-state index in [9.17, 15) is 13.6 Å². The SMILES string of the molecule is COc1cc(F)c(NC(C)=O)cc1F. The molecule has 1 amide bonds. The molecule has 0 aliphatic carbocycles. The van der Waals surface area contributed by atoms with Gasteiger partial charge in [-0.25, -0.2) is 8.78 Å². The van der Waals surface area contributed by atoms with Crippen LogP contribution in [0.5, 0.6) is 5.75 Å². The number of methoxy groups -OCH3 is 1. The Hall–Kier alpha value is -1.65. The summed E-state index contributed by atoms with van der Waals surface area (Å²) in [6, 6.07) is 1.75. The molecule has 0 saturated heterocycles. The largest absolute Gasteiger partial charge is 0.494 e. The third kappa shape index (κ3) is 2.18. The molecule has 0 aliphatic rings. The summed E-state index contributed by atoms with van der Waals surface area (Å²) >= 11 is 0. The number of carbonyl (C=O) groups is 1. The highest BCUT2D eigenvalue weighted by Gasteiger charge is 2.10. The maximum Gasteiger partial charge on any atom is 0.221 e. The van der Waals surface area contributed by atoms with Gasteiger partial charge in [-0.2, -0.15) is 0 Å². The molecular weight excluding hydrogens is 192 g/mol. The van der Waals surface area contributed by atoms with Gasteiger partial charge in [-0.3, -0.25) is 4.79 Å². The van der Waals surface area contributed by atoms with Crippen LogP contribution in [0, 0.1) is 11.6 Å². The number of ether oxygens (including phenoxy) is 1. The Bertz CT molecular complexity index is 366. The lowest BCUT2D eigenvalue weighted by atomic mass is 10.2. The zero-order valence-corrected chi connectivity index (χ0v) is 7.73. The van der Waals surface area contributed by atoms with Crippen molar-refractivity contribution in [2.45, 2.75) is 6.92 Å². The third-order valence-electron chi connectivity index (χ3n) is 1.55. The maximum atomic E-state index is 13.1. The molecule has 5 heteroatoms. The van der Waals surface area contributed by atoms with Crippen molar-refractivity contribution >= 4 is 11.6 Å². The first-order valence-corrected chi connectivity index (χ1v) is 3.85. The quantitative estimate of drug-likeness (QED) is 0.793. The Morgan fingerprint density at radius 2 is 2.00 bits per heavy atom. The van der Waals surface area contributed by atoms with Gasteiger partial charge in [0.05, 0.1) is 12.8 Å². The van der Waals surface area contributed by atoms with E-state index in [1.165, 1.54) is 14.0 Å². The average Bonchev–Trinajstić information content (AvgIpc) is 2.10. The second-order valence-electron chi connectivity index (χ2n) is 2.65. The van der Waals surface area contributed by atoms with Crippen molar-refractivity contribution in [2.75, 3.05) is 12.4 Å². The van der Waals surface area contributed by atoms with E-state index in [1.54, 1.807) is 0 Å². The number of rotatable bonds is 2. The number of halogens is 2. The van der Waals surface area contributed by atoms with Crippen LogP contribution in [0.2, 0.25) is 0 Å². The van der Waals surface area contributed by atoms with E-state index in [2.05, 4.69) is 10.1 Å². The number of amides is 1. The molecule has 0 spiro atoms. The number of nitrogens with one attached hydrogen (secondary N) is 1. The second-order valence-corrected chi connectivity index (χ2v) is 2.65. The van der Waals surface area contributed by atoms with Crippen LogP contribution >= 0.6 is 0 Å². The molecule has 0 saturated carbocycles. The van der Waals surface area contributed by atoms with Crippen molar-refractivity contribution in [1.29, 1.82) is 0 Å². The van der Waals surface area contributed by atoms with Gasteiger partial charge in [0.15, 0.2) is 17.4 Å². The molecule has 1 aromatic carbocycles. The van der Waals surface area contributed by atoms with E-state index in [0.717, 1.165) is 12.1 Å².